The van der Waals surface area contributed by atoms with Crippen LogP contribution in [0.25, 0.3) is 0 Å². The second-order valence-corrected chi connectivity index (χ2v) is 7.69. The summed E-state index contributed by atoms with van der Waals surface area (Å²) in [7, 11) is 0. The van der Waals surface area contributed by atoms with E-state index in [1.165, 1.54) is 6.33 Å². The van der Waals surface area contributed by atoms with Crippen molar-refractivity contribution in [2.24, 2.45) is 0 Å². The summed E-state index contributed by atoms with van der Waals surface area (Å²) in [5, 5.41) is 0.595. The van der Waals surface area contributed by atoms with Crippen molar-refractivity contribution in [2.75, 3.05) is 31.1 Å². The molecular formula is C23H23ClN4O3. The van der Waals surface area contributed by atoms with Crippen LogP contribution in [0.3, 0.4) is 0 Å². The molecule has 2 heterocycles. The monoisotopic (exact) mass is 438 g/mol. The van der Waals surface area contributed by atoms with E-state index in [9.17, 15) is 4.79 Å². The Morgan fingerprint density at radius 1 is 1.06 bits per heavy atom. The molecule has 0 N–H and O–H groups in total. The van der Waals surface area contributed by atoms with Crippen molar-refractivity contribution in [3.05, 3.63) is 72.0 Å². The lowest BCUT2D eigenvalue weighted by molar-refractivity contribution is -0.135. The topological polar surface area (TPSA) is 67.8 Å². The fourth-order valence-electron chi connectivity index (χ4n) is 3.49. The standard InChI is InChI=1S/C23H23ClN4O3/c1-17-14-27(10-11-28(17)23(29)15-30-19-7-3-2-4-8-19)21-13-22(26-16-25-21)31-20-9-5-6-18(24)12-20/h2-9,12-13,16-17H,10-11,14-15H2,1H3/t17-/m0/s1. The smallest absolute Gasteiger partial charge is 0.260 e. The van der Waals surface area contributed by atoms with Crippen LogP contribution in [0.1, 0.15) is 6.92 Å². The first kappa shape index (κ1) is 20.9. The molecule has 0 saturated carbocycles. The van der Waals surface area contributed by atoms with E-state index in [1.807, 2.05) is 54.3 Å². The van der Waals surface area contributed by atoms with Gasteiger partial charge in [-0.15, -0.1) is 0 Å². The molecule has 2 aromatic carbocycles. The van der Waals surface area contributed by atoms with Crippen LogP contribution < -0.4 is 14.4 Å². The van der Waals surface area contributed by atoms with Crippen molar-refractivity contribution >= 4 is 23.3 Å². The summed E-state index contributed by atoms with van der Waals surface area (Å²) in [5.41, 5.74) is 0. The number of benzene rings is 2. The molecule has 1 fully saturated rings. The fourth-order valence-corrected chi connectivity index (χ4v) is 3.67. The summed E-state index contributed by atoms with van der Waals surface area (Å²) in [6, 6.07) is 18.3. The normalized spacial score (nSPS) is 16.1. The molecule has 4 rings (SSSR count). The SMILES string of the molecule is C[C@H]1CN(c2cc(Oc3cccc(Cl)c3)ncn2)CCN1C(=O)COc1ccccc1. The molecule has 7 nitrogen and oxygen atoms in total. The van der Waals surface area contributed by atoms with Gasteiger partial charge in [0.15, 0.2) is 6.61 Å². The van der Waals surface area contributed by atoms with Crippen molar-refractivity contribution in [1.29, 1.82) is 0 Å². The Hall–Kier alpha value is -3.32. The van der Waals surface area contributed by atoms with E-state index >= 15 is 0 Å². The molecule has 160 valence electrons. The number of piperazine rings is 1. The molecule has 0 spiro atoms. The predicted molar refractivity (Wildman–Crippen MR) is 119 cm³/mol. The molecule has 1 atom stereocenters. The molecule has 0 unspecified atom stereocenters. The molecule has 0 bridgehead atoms. The number of amides is 1. The Morgan fingerprint density at radius 2 is 1.87 bits per heavy atom. The van der Waals surface area contributed by atoms with Gasteiger partial charge in [0, 0.05) is 36.8 Å². The Labute approximate surface area is 186 Å². The average Bonchev–Trinajstić information content (AvgIpc) is 2.78. The molecular weight excluding hydrogens is 416 g/mol. The summed E-state index contributed by atoms with van der Waals surface area (Å²) in [5.74, 6) is 2.47. The molecule has 1 amide bonds. The van der Waals surface area contributed by atoms with Crippen LogP contribution in [-0.4, -0.2) is 53.1 Å². The summed E-state index contributed by atoms with van der Waals surface area (Å²) in [6.07, 6.45) is 1.48. The molecule has 3 aromatic rings. The number of anilines is 1. The highest BCUT2D eigenvalue weighted by Gasteiger charge is 2.28. The Bertz CT molecular complexity index is 1030. The van der Waals surface area contributed by atoms with Crippen LogP contribution in [0, 0.1) is 0 Å². The molecule has 0 radical (unpaired) electrons. The van der Waals surface area contributed by atoms with E-state index < -0.39 is 0 Å². The predicted octanol–water partition coefficient (Wildman–Crippen LogP) is 4.04. The highest BCUT2D eigenvalue weighted by Crippen LogP contribution is 2.25. The third-order valence-electron chi connectivity index (χ3n) is 5.02. The average molecular weight is 439 g/mol. The number of carbonyl (C=O) groups excluding carboxylic acids is 1. The maximum Gasteiger partial charge on any atom is 0.260 e. The first-order valence-electron chi connectivity index (χ1n) is 10.1. The second-order valence-electron chi connectivity index (χ2n) is 7.26. The van der Waals surface area contributed by atoms with Gasteiger partial charge in [-0.3, -0.25) is 4.79 Å². The Morgan fingerprint density at radius 3 is 2.65 bits per heavy atom. The highest BCUT2D eigenvalue weighted by molar-refractivity contribution is 6.30. The molecule has 1 aliphatic rings. The Kier molecular flexibility index (Phi) is 6.52. The highest BCUT2D eigenvalue weighted by atomic mass is 35.5. The van der Waals surface area contributed by atoms with Gasteiger partial charge in [-0.05, 0) is 37.3 Å². The summed E-state index contributed by atoms with van der Waals surface area (Å²) < 4.78 is 11.4. The van der Waals surface area contributed by atoms with Gasteiger partial charge in [-0.2, -0.15) is 0 Å². The number of ether oxygens (including phenoxy) is 2. The zero-order valence-electron chi connectivity index (χ0n) is 17.1. The van der Waals surface area contributed by atoms with E-state index in [2.05, 4.69) is 14.9 Å². The maximum absolute atomic E-state index is 12.6. The number of aromatic nitrogens is 2. The third kappa shape index (κ3) is 5.44. The molecule has 1 aromatic heterocycles. The van der Waals surface area contributed by atoms with Crippen LogP contribution in [0.15, 0.2) is 67.0 Å². The van der Waals surface area contributed by atoms with Gasteiger partial charge in [-0.25, -0.2) is 9.97 Å². The lowest BCUT2D eigenvalue weighted by Crippen LogP contribution is -2.55. The minimum absolute atomic E-state index is 0.0212. The first-order valence-corrected chi connectivity index (χ1v) is 10.4. The minimum atomic E-state index is -0.0244. The van der Waals surface area contributed by atoms with Crippen molar-refractivity contribution in [3.63, 3.8) is 0 Å². The van der Waals surface area contributed by atoms with Gasteiger partial charge in [-0.1, -0.05) is 35.9 Å². The molecule has 31 heavy (non-hydrogen) atoms. The quantitative estimate of drug-likeness (QED) is 0.578. The fraction of sp³-hybridized carbons (Fsp3) is 0.261. The van der Waals surface area contributed by atoms with E-state index in [0.29, 0.717) is 42.0 Å². The van der Waals surface area contributed by atoms with Crippen LogP contribution >= 0.6 is 11.6 Å². The van der Waals surface area contributed by atoms with Crippen molar-refractivity contribution in [3.8, 4) is 17.4 Å². The second kappa shape index (κ2) is 9.66. The van der Waals surface area contributed by atoms with Crippen LogP contribution in [0.4, 0.5) is 5.82 Å². The van der Waals surface area contributed by atoms with E-state index in [0.717, 1.165) is 5.82 Å². The van der Waals surface area contributed by atoms with E-state index in [1.54, 1.807) is 18.2 Å². The van der Waals surface area contributed by atoms with Crippen molar-refractivity contribution < 1.29 is 14.3 Å². The van der Waals surface area contributed by atoms with Crippen molar-refractivity contribution in [2.45, 2.75) is 13.0 Å². The van der Waals surface area contributed by atoms with E-state index in [4.69, 9.17) is 21.1 Å². The lowest BCUT2D eigenvalue weighted by atomic mass is 10.2. The van der Waals surface area contributed by atoms with Crippen LogP contribution in [0.5, 0.6) is 17.4 Å². The number of hydrogen-bond donors (Lipinski definition) is 0. The number of hydrogen-bond acceptors (Lipinski definition) is 6. The summed E-state index contributed by atoms with van der Waals surface area (Å²) >= 11 is 6.01. The minimum Gasteiger partial charge on any atom is -0.484 e. The summed E-state index contributed by atoms with van der Waals surface area (Å²) in [4.78, 5) is 25.2. The zero-order valence-corrected chi connectivity index (χ0v) is 17.9. The van der Waals surface area contributed by atoms with Crippen LogP contribution in [-0.2, 0) is 4.79 Å². The molecule has 8 heteroatoms. The third-order valence-corrected chi connectivity index (χ3v) is 5.26. The molecule has 1 saturated heterocycles. The first-order chi connectivity index (χ1) is 15.1. The molecule has 0 aliphatic carbocycles. The van der Waals surface area contributed by atoms with Gasteiger partial charge in [0.2, 0.25) is 5.88 Å². The number of halogens is 1. The zero-order chi connectivity index (χ0) is 21.6. The Balaban J connectivity index is 1.35. The number of carbonyl (C=O) groups is 1. The number of rotatable bonds is 6. The maximum atomic E-state index is 12.6. The van der Waals surface area contributed by atoms with Crippen LogP contribution in [0.2, 0.25) is 5.02 Å². The van der Waals surface area contributed by atoms with Gasteiger partial charge >= 0.3 is 0 Å². The lowest BCUT2D eigenvalue weighted by Gasteiger charge is -2.40. The van der Waals surface area contributed by atoms with Gasteiger partial charge in [0.05, 0.1) is 0 Å². The molecule has 1 aliphatic heterocycles. The van der Waals surface area contributed by atoms with E-state index in [-0.39, 0.29) is 18.6 Å². The van der Waals surface area contributed by atoms with Gasteiger partial charge < -0.3 is 19.3 Å². The summed E-state index contributed by atoms with van der Waals surface area (Å²) in [6.45, 7) is 3.96. The van der Waals surface area contributed by atoms with Gasteiger partial charge in [0.1, 0.15) is 23.6 Å². The number of para-hydroxylation sites is 1. The largest absolute Gasteiger partial charge is 0.484 e. The van der Waals surface area contributed by atoms with Crippen molar-refractivity contribution in [1.82, 2.24) is 14.9 Å². The van der Waals surface area contributed by atoms with Gasteiger partial charge in [0.25, 0.3) is 5.91 Å². The number of nitrogens with zero attached hydrogens (tertiary/aromatic N) is 4.